The summed E-state index contributed by atoms with van der Waals surface area (Å²) in [6.45, 7) is 2.73. The van der Waals surface area contributed by atoms with E-state index in [1.807, 2.05) is 18.2 Å². The Hall–Kier alpha value is -3.26. The largest absolute Gasteiger partial charge is 0.377 e. The molecule has 2 aliphatic heterocycles. The molecule has 34 heavy (non-hydrogen) atoms. The van der Waals surface area contributed by atoms with Crippen LogP contribution in [-0.4, -0.2) is 40.8 Å². The average Bonchev–Trinajstić information content (AvgIpc) is 3.11. The highest BCUT2D eigenvalue weighted by atomic mass is 16.6. The molecular weight excluding hydrogens is 432 g/mol. The Balaban J connectivity index is 1.27. The number of likely N-dealkylation sites (tertiary alicyclic amines) is 1. The second kappa shape index (κ2) is 9.54. The van der Waals surface area contributed by atoms with E-state index in [9.17, 15) is 19.7 Å². The number of nitro groups is 1. The second-order valence-electron chi connectivity index (χ2n) is 9.65. The maximum atomic E-state index is 12.9. The van der Waals surface area contributed by atoms with Crippen LogP contribution < -0.4 is 10.2 Å². The number of anilines is 2. The Kier molecular flexibility index (Phi) is 6.32. The van der Waals surface area contributed by atoms with Gasteiger partial charge in [0.05, 0.1) is 22.4 Å². The molecule has 2 aromatic carbocycles. The van der Waals surface area contributed by atoms with Crippen molar-refractivity contribution in [3.05, 3.63) is 64.2 Å². The Labute approximate surface area is 199 Å². The molecule has 0 unspecified atom stereocenters. The van der Waals surface area contributed by atoms with Gasteiger partial charge in [-0.15, -0.1) is 0 Å². The Bertz CT molecular complexity index is 1060. The topological polar surface area (TPSA) is 95.8 Å². The molecule has 0 bridgehead atoms. The third kappa shape index (κ3) is 4.42. The molecule has 0 aromatic heterocycles. The number of nitrogens with zero attached hydrogens (tertiary/aromatic N) is 3. The minimum Gasteiger partial charge on any atom is -0.377 e. The van der Waals surface area contributed by atoms with Crippen molar-refractivity contribution in [3.8, 4) is 0 Å². The van der Waals surface area contributed by atoms with Crippen molar-refractivity contribution in [2.75, 3.05) is 23.3 Å². The van der Waals surface area contributed by atoms with Gasteiger partial charge in [0.2, 0.25) is 11.8 Å². The zero-order valence-electron chi connectivity index (χ0n) is 19.2. The Morgan fingerprint density at radius 3 is 2.18 bits per heavy atom. The van der Waals surface area contributed by atoms with Gasteiger partial charge in [0.25, 0.3) is 5.69 Å². The summed E-state index contributed by atoms with van der Waals surface area (Å²) in [5, 5.41) is 15.2. The van der Waals surface area contributed by atoms with Crippen molar-refractivity contribution in [1.82, 2.24) is 4.90 Å². The SMILES string of the molecule is O=C1[C@@H]2CCCC[C@H]2C(=O)N1c1ccc(NC2CCN(Cc3ccccc3)CC2)c([N+](=O)[O-])c1. The van der Waals surface area contributed by atoms with Gasteiger partial charge in [-0.1, -0.05) is 43.2 Å². The predicted octanol–water partition coefficient (Wildman–Crippen LogP) is 4.35. The summed E-state index contributed by atoms with van der Waals surface area (Å²) in [5.41, 5.74) is 1.93. The van der Waals surface area contributed by atoms with E-state index in [1.54, 1.807) is 12.1 Å². The number of carbonyl (C=O) groups excluding carboxylic acids is 2. The lowest BCUT2D eigenvalue weighted by molar-refractivity contribution is -0.383. The normalized spacial score (nSPS) is 23.7. The lowest BCUT2D eigenvalue weighted by Gasteiger charge is -2.32. The molecule has 3 fully saturated rings. The molecule has 2 aromatic rings. The van der Waals surface area contributed by atoms with Gasteiger partial charge in [-0.25, -0.2) is 4.90 Å². The summed E-state index contributed by atoms with van der Waals surface area (Å²) < 4.78 is 0. The van der Waals surface area contributed by atoms with Crippen LogP contribution in [0.1, 0.15) is 44.1 Å². The molecule has 2 atom stereocenters. The van der Waals surface area contributed by atoms with E-state index in [4.69, 9.17) is 0 Å². The molecule has 8 nitrogen and oxygen atoms in total. The summed E-state index contributed by atoms with van der Waals surface area (Å²) in [7, 11) is 0. The first-order valence-electron chi connectivity index (χ1n) is 12.2. The number of carbonyl (C=O) groups is 2. The lowest BCUT2D eigenvalue weighted by Crippen LogP contribution is -2.38. The third-order valence-electron chi connectivity index (χ3n) is 7.47. The number of fused-ring (bicyclic) bond motifs is 1. The molecular formula is C26H30N4O4. The lowest BCUT2D eigenvalue weighted by atomic mass is 9.81. The van der Waals surface area contributed by atoms with Crippen LogP contribution >= 0.6 is 0 Å². The third-order valence-corrected chi connectivity index (χ3v) is 7.47. The number of hydrogen-bond acceptors (Lipinski definition) is 6. The van der Waals surface area contributed by atoms with E-state index in [0.717, 1.165) is 58.2 Å². The van der Waals surface area contributed by atoms with E-state index in [0.29, 0.717) is 11.4 Å². The molecule has 2 amide bonds. The zero-order valence-corrected chi connectivity index (χ0v) is 19.2. The zero-order chi connectivity index (χ0) is 23.7. The number of rotatable bonds is 6. The monoisotopic (exact) mass is 462 g/mol. The molecule has 5 rings (SSSR count). The van der Waals surface area contributed by atoms with E-state index >= 15 is 0 Å². The number of imide groups is 1. The Morgan fingerprint density at radius 1 is 0.912 bits per heavy atom. The molecule has 8 heteroatoms. The molecule has 0 spiro atoms. The number of piperidine rings is 1. The van der Waals surface area contributed by atoms with Crippen LogP contribution in [0.2, 0.25) is 0 Å². The van der Waals surface area contributed by atoms with Crippen molar-refractivity contribution in [1.29, 1.82) is 0 Å². The van der Waals surface area contributed by atoms with Gasteiger partial charge in [-0.2, -0.15) is 0 Å². The summed E-state index contributed by atoms with van der Waals surface area (Å²) in [6, 6.07) is 15.2. The predicted molar refractivity (Wildman–Crippen MR) is 129 cm³/mol. The minimum atomic E-state index is -0.436. The van der Waals surface area contributed by atoms with Gasteiger partial charge in [0.15, 0.2) is 0 Å². The van der Waals surface area contributed by atoms with Crippen LogP contribution in [0.4, 0.5) is 17.1 Å². The first-order valence-corrected chi connectivity index (χ1v) is 12.2. The molecule has 1 N–H and O–H groups in total. The van der Waals surface area contributed by atoms with Crippen molar-refractivity contribution in [2.45, 2.75) is 51.1 Å². The van der Waals surface area contributed by atoms with E-state index in [1.165, 1.54) is 16.5 Å². The van der Waals surface area contributed by atoms with Crippen molar-refractivity contribution in [2.24, 2.45) is 11.8 Å². The maximum absolute atomic E-state index is 12.9. The second-order valence-corrected chi connectivity index (χ2v) is 9.65. The molecule has 0 radical (unpaired) electrons. The average molecular weight is 463 g/mol. The molecule has 2 heterocycles. The van der Waals surface area contributed by atoms with Crippen LogP contribution in [-0.2, 0) is 16.1 Å². The van der Waals surface area contributed by atoms with Gasteiger partial charge in [-0.3, -0.25) is 24.6 Å². The first-order chi connectivity index (χ1) is 16.5. The fourth-order valence-corrected chi connectivity index (χ4v) is 5.65. The summed E-state index contributed by atoms with van der Waals surface area (Å²) >= 11 is 0. The summed E-state index contributed by atoms with van der Waals surface area (Å²) in [4.78, 5) is 40.8. The van der Waals surface area contributed by atoms with Gasteiger partial charge >= 0.3 is 0 Å². The van der Waals surface area contributed by atoms with Gasteiger partial charge in [0.1, 0.15) is 5.69 Å². The van der Waals surface area contributed by atoms with Gasteiger partial charge < -0.3 is 5.32 Å². The van der Waals surface area contributed by atoms with E-state index in [-0.39, 0.29) is 35.4 Å². The van der Waals surface area contributed by atoms with Crippen molar-refractivity contribution < 1.29 is 14.5 Å². The summed E-state index contributed by atoms with van der Waals surface area (Å²) in [5.74, 6) is -0.982. The quantitative estimate of drug-likeness (QED) is 0.390. The van der Waals surface area contributed by atoms with Crippen LogP contribution in [0.5, 0.6) is 0 Å². The number of hydrogen-bond donors (Lipinski definition) is 1. The fraction of sp³-hybridized carbons (Fsp3) is 0.462. The number of nitro benzene ring substituents is 1. The fourth-order valence-electron chi connectivity index (χ4n) is 5.65. The number of nitrogens with one attached hydrogen (secondary N) is 1. The van der Waals surface area contributed by atoms with Gasteiger partial charge in [0, 0.05) is 31.7 Å². The minimum absolute atomic E-state index is 0.0975. The highest BCUT2D eigenvalue weighted by molar-refractivity contribution is 6.22. The number of amides is 2. The molecule has 2 saturated heterocycles. The maximum Gasteiger partial charge on any atom is 0.294 e. The molecule has 3 aliphatic rings. The van der Waals surface area contributed by atoms with E-state index in [2.05, 4.69) is 22.3 Å². The Morgan fingerprint density at radius 2 is 1.56 bits per heavy atom. The van der Waals surface area contributed by atoms with Crippen molar-refractivity contribution >= 4 is 28.9 Å². The highest BCUT2D eigenvalue weighted by Crippen LogP contribution is 2.41. The van der Waals surface area contributed by atoms with Gasteiger partial charge in [-0.05, 0) is 43.4 Å². The van der Waals surface area contributed by atoms with Crippen LogP contribution in [0.15, 0.2) is 48.5 Å². The highest BCUT2D eigenvalue weighted by Gasteiger charge is 2.49. The van der Waals surface area contributed by atoms with Crippen LogP contribution in [0.3, 0.4) is 0 Å². The molecule has 178 valence electrons. The van der Waals surface area contributed by atoms with Crippen LogP contribution in [0, 0.1) is 22.0 Å². The molecule has 1 saturated carbocycles. The van der Waals surface area contributed by atoms with E-state index < -0.39 is 4.92 Å². The van der Waals surface area contributed by atoms with Crippen LogP contribution in [0.25, 0.3) is 0 Å². The van der Waals surface area contributed by atoms with Crippen molar-refractivity contribution in [3.63, 3.8) is 0 Å². The summed E-state index contributed by atoms with van der Waals surface area (Å²) in [6.07, 6.45) is 5.10. The standard InChI is InChI=1S/C26H30N4O4/c31-25-21-8-4-5-9-22(21)26(32)29(25)20-10-11-23(24(16-20)30(33)34)27-19-12-14-28(15-13-19)17-18-6-2-1-3-7-18/h1-3,6-7,10-11,16,19,21-22,27H,4-5,8-9,12-15,17H2/t21-,22-/m1/s1. The smallest absolute Gasteiger partial charge is 0.294 e. The first kappa shape index (κ1) is 22.5. The molecule has 1 aliphatic carbocycles. The number of benzene rings is 2.